The molecular formula is C9H13N4. The van der Waals surface area contributed by atoms with Crippen LogP contribution in [0, 0.1) is 6.20 Å². The lowest BCUT2D eigenvalue weighted by Crippen LogP contribution is -2.40. The zero-order valence-corrected chi connectivity index (χ0v) is 7.48. The average Bonchev–Trinajstić information content (AvgIpc) is 2.20. The van der Waals surface area contributed by atoms with Crippen molar-refractivity contribution < 1.29 is 0 Å². The first-order valence-electron chi connectivity index (χ1n) is 4.55. The predicted octanol–water partition coefficient (Wildman–Crippen LogP) is 0.204. The fourth-order valence-electron chi connectivity index (χ4n) is 1.54. The van der Waals surface area contributed by atoms with Crippen LogP contribution >= 0.6 is 0 Å². The zero-order valence-electron chi connectivity index (χ0n) is 7.48. The van der Waals surface area contributed by atoms with Crippen molar-refractivity contribution in [3.63, 3.8) is 0 Å². The van der Waals surface area contributed by atoms with Crippen molar-refractivity contribution in [2.24, 2.45) is 5.73 Å². The molecule has 0 amide bonds. The first-order valence-corrected chi connectivity index (χ1v) is 4.55. The molecule has 1 aliphatic heterocycles. The maximum atomic E-state index is 5.80. The van der Waals surface area contributed by atoms with E-state index in [1.165, 1.54) is 0 Å². The second-order valence-electron chi connectivity index (χ2n) is 3.33. The summed E-state index contributed by atoms with van der Waals surface area (Å²) in [5.74, 6) is 0.911. The molecule has 0 unspecified atom stereocenters. The van der Waals surface area contributed by atoms with Crippen molar-refractivity contribution in [3.05, 3.63) is 18.6 Å². The number of hydrogen-bond donors (Lipinski definition) is 1. The third-order valence-corrected chi connectivity index (χ3v) is 2.36. The van der Waals surface area contributed by atoms with Gasteiger partial charge in [0, 0.05) is 19.1 Å². The van der Waals surface area contributed by atoms with Crippen molar-refractivity contribution >= 4 is 5.82 Å². The molecule has 0 atom stereocenters. The summed E-state index contributed by atoms with van der Waals surface area (Å²) in [6.45, 7) is 1.96. The number of nitrogens with two attached hydrogens (primary N) is 1. The Morgan fingerprint density at radius 2 is 2.23 bits per heavy atom. The molecule has 0 aromatic carbocycles. The predicted molar refractivity (Wildman–Crippen MR) is 50.3 cm³/mol. The van der Waals surface area contributed by atoms with Gasteiger partial charge in [-0.15, -0.1) is 0 Å². The minimum Gasteiger partial charge on any atom is -0.355 e. The van der Waals surface area contributed by atoms with E-state index < -0.39 is 0 Å². The number of nitrogens with zero attached hydrogens (tertiary/aromatic N) is 3. The Morgan fingerprint density at radius 1 is 1.46 bits per heavy atom. The van der Waals surface area contributed by atoms with Crippen LogP contribution in [0.25, 0.3) is 0 Å². The fraction of sp³-hybridized carbons (Fsp3) is 0.556. The van der Waals surface area contributed by atoms with E-state index >= 15 is 0 Å². The molecule has 1 aromatic heterocycles. The second kappa shape index (κ2) is 3.70. The summed E-state index contributed by atoms with van der Waals surface area (Å²) in [6.07, 6.45) is 8.15. The first kappa shape index (κ1) is 8.44. The zero-order chi connectivity index (χ0) is 9.10. The van der Waals surface area contributed by atoms with Gasteiger partial charge >= 0.3 is 0 Å². The molecule has 1 aliphatic rings. The van der Waals surface area contributed by atoms with Gasteiger partial charge in [-0.25, -0.2) is 4.98 Å². The van der Waals surface area contributed by atoms with Crippen LogP contribution in [0.15, 0.2) is 12.4 Å². The number of hydrogen-bond acceptors (Lipinski definition) is 4. The van der Waals surface area contributed by atoms with Crippen LogP contribution in [-0.2, 0) is 0 Å². The molecule has 2 rings (SSSR count). The van der Waals surface area contributed by atoms with Gasteiger partial charge in [-0.05, 0) is 12.8 Å². The summed E-state index contributed by atoms with van der Waals surface area (Å²) in [4.78, 5) is 10.3. The van der Waals surface area contributed by atoms with E-state index in [2.05, 4.69) is 21.1 Å². The van der Waals surface area contributed by atoms with Gasteiger partial charge in [0.05, 0.1) is 12.4 Å². The van der Waals surface area contributed by atoms with Gasteiger partial charge in [0.15, 0.2) is 0 Å². The Hall–Kier alpha value is -1.16. The Kier molecular flexibility index (Phi) is 2.40. The van der Waals surface area contributed by atoms with Crippen molar-refractivity contribution in [2.75, 3.05) is 18.0 Å². The molecule has 1 radical (unpaired) electrons. The molecule has 4 nitrogen and oxygen atoms in total. The van der Waals surface area contributed by atoms with E-state index in [4.69, 9.17) is 5.73 Å². The molecule has 2 heterocycles. The van der Waals surface area contributed by atoms with E-state index in [1.54, 1.807) is 12.4 Å². The summed E-state index contributed by atoms with van der Waals surface area (Å²) in [5.41, 5.74) is 5.80. The maximum absolute atomic E-state index is 5.80. The quantitative estimate of drug-likeness (QED) is 0.666. The smallest absolute Gasteiger partial charge is 0.147 e. The Balaban J connectivity index is 2.03. The molecule has 1 aromatic rings. The van der Waals surface area contributed by atoms with Gasteiger partial charge < -0.3 is 10.6 Å². The maximum Gasteiger partial charge on any atom is 0.147 e. The van der Waals surface area contributed by atoms with E-state index in [0.717, 1.165) is 31.7 Å². The van der Waals surface area contributed by atoms with Gasteiger partial charge in [-0.2, -0.15) is 0 Å². The molecule has 1 fully saturated rings. The fourth-order valence-corrected chi connectivity index (χ4v) is 1.54. The summed E-state index contributed by atoms with van der Waals surface area (Å²) < 4.78 is 0. The highest BCUT2D eigenvalue weighted by molar-refractivity contribution is 5.35. The average molecular weight is 177 g/mol. The monoisotopic (exact) mass is 177 g/mol. The van der Waals surface area contributed by atoms with Crippen LogP contribution in [-0.4, -0.2) is 29.1 Å². The molecule has 0 saturated carbocycles. The van der Waals surface area contributed by atoms with Crippen LogP contribution in [0.4, 0.5) is 5.82 Å². The number of piperidine rings is 1. The molecule has 13 heavy (non-hydrogen) atoms. The van der Waals surface area contributed by atoms with Crippen LogP contribution in [0.3, 0.4) is 0 Å². The normalized spacial score (nSPS) is 19.0. The van der Waals surface area contributed by atoms with E-state index in [1.807, 2.05) is 0 Å². The van der Waals surface area contributed by atoms with Gasteiger partial charge in [-0.1, -0.05) is 0 Å². The van der Waals surface area contributed by atoms with E-state index in [9.17, 15) is 0 Å². The van der Waals surface area contributed by atoms with Crippen molar-refractivity contribution in [1.82, 2.24) is 9.97 Å². The highest BCUT2D eigenvalue weighted by Gasteiger charge is 2.16. The third kappa shape index (κ3) is 1.95. The molecule has 0 spiro atoms. The van der Waals surface area contributed by atoms with Crippen molar-refractivity contribution in [3.8, 4) is 0 Å². The van der Waals surface area contributed by atoms with Crippen LogP contribution < -0.4 is 10.6 Å². The topological polar surface area (TPSA) is 55.0 Å². The Morgan fingerprint density at radius 3 is 2.85 bits per heavy atom. The van der Waals surface area contributed by atoms with Crippen LogP contribution in [0.5, 0.6) is 0 Å². The second-order valence-corrected chi connectivity index (χ2v) is 3.33. The summed E-state index contributed by atoms with van der Waals surface area (Å²) in [6, 6.07) is 0.358. The number of aromatic nitrogens is 2. The van der Waals surface area contributed by atoms with E-state index in [-0.39, 0.29) is 0 Å². The van der Waals surface area contributed by atoms with Crippen molar-refractivity contribution in [1.29, 1.82) is 0 Å². The number of anilines is 1. The lowest BCUT2D eigenvalue weighted by Gasteiger charge is -2.30. The van der Waals surface area contributed by atoms with E-state index in [0.29, 0.717) is 6.04 Å². The first-order chi connectivity index (χ1) is 6.36. The summed E-state index contributed by atoms with van der Waals surface area (Å²) in [7, 11) is 0. The third-order valence-electron chi connectivity index (χ3n) is 2.36. The molecule has 69 valence electrons. The Bertz CT molecular complexity index is 254. The molecule has 1 saturated heterocycles. The van der Waals surface area contributed by atoms with Crippen LogP contribution in [0.1, 0.15) is 12.8 Å². The summed E-state index contributed by atoms with van der Waals surface area (Å²) in [5, 5.41) is 0. The van der Waals surface area contributed by atoms with Gasteiger partial charge in [0.25, 0.3) is 0 Å². The Labute approximate surface area is 77.8 Å². The summed E-state index contributed by atoms with van der Waals surface area (Å²) >= 11 is 0. The van der Waals surface area contributed by atoms with Gasteiger partial charge in [-0.3, -0.25) is 4.98 Å². The molecule has 4 heteroatoms. The van der Waals surface area contributed by atoms with Gasteiger partial charge in [0.2, 0.25) is 0 Å². The van der Waals surface area contributed by atoms with Crippen molar-refractivity contribution in [2.45, 2.75) is 18.9 Å². The highest BCUT2D eigenvalue weighted by Crippen LogP contribution is 2.14. The minimum absolute atomic E-state index is 0.358. The minimum atomic E-state index is 0.358. The molecule has 0 aliphatic carbocycles. The van der Waals surface area contributed by atoms with Crippen LogP contribution in [0.2, 0.25) is 0 Å². The standard InChI is InChI=1S/C9H13N4/c10-8-1-5-13(6-2-8)9-7-11-3-4-12-9/h3,7-8H,1-2,5-6,10H2. The molecule has 0 bridgehead atoms. The SMILES string of the molecule is NC1CCN(c2cnc[c]n2)CC1. The lowest BCUT2D eigenvalue weighted by molar-refractivity contribution is 0.498. The number of rotatable bonds is 1. The molecular weight excluding hydrogens is 164 g/mol. The molecule has 2 N–H and O–H groups in total. The lowest BCUT2D eigenvalue weighted by atomic mass is 10.1. The van der Waals surface area contributed by atoms with Gasteiger partial charge in [0.1, 0.15) is 12.0 Å². The highest BCUT2D eigenvalue weighted by atomic mass is 15.2. The largest absolute Gasteiger partial charge is 0.355 e.